The smallest absolute Gasteiger partial charge is 0.258 e. The van der Waals surface area contributed by atoms with E-state index in [1.165, 1.54) is 4.88 Å². The minimum absolute atomic E-state index is 0.139. The van der Waals surface area contributed by atoms with Gasteiger partial charge in [0.1, 0.15) is 17.1 Å². The number of rotatable bonds is 7. The minimum atomic E-state index is -0.139. The summed E-state index contributed by atoms with van der Waals surface area (Å²) >= 11 is 1.81. The lowest BCUT2D eigenvalue weighted by molar-refractivity contribution is 0.0929. The van der Waals surface area contributed by atoms with Crippen molar-refractivity contribution in [1.29, 1.82) is 0 Å². The largest absolute Gasteiger partial charge is 0.496 e. The predicted molar refractivity (Wildman–Crippen MR) is 104 cm³/mol. The van der Waals surface area contributed by atoms with Crippen molar-refractivity contribution >= 4 is 17.2 Å². The zero-order chi connectivity index (χ0) is 18.4. The second-order valence-electron chi connectivity index (χ2n) is 6.55. The second-order valence-corrected chi connectivity index (χ2v) is 7.58. The molecule has 0 spiro atoms. The fraction of sp³-hybridized carbons (Fsp3) is 0.450. The van der Waals surface area contributed by atoms with Gasteiger partial charge in [0.15, 0.2) is 0 Å². The second kappa shape index (κ2) is 9.05. The van der Waals surface area contributed by atoms with Crippen molar-refractivity contribution in [2.75, 3.05) is 33.9 Å². The lowest BCUT2D eigenvalue weighted by Gasteiger charge is -2.31. The first-order valence-corrected chi connectivity index (χ1v) is 9.83. The SMILES string of the molecule is COc1cccc(OC)c1C(=O)NCC1CCN(Cc2cccs2)CC1. The molecule has 0 aliphatic carbocycles. The molecule has 2 aromatic rings. The number of carbonyl (C=O) groups is 1. The molecule has 26 heavy (non-hydrogen) atoms. The van der Waals surface area contributed by atoms with Gasteiger partial charge in [-0.25, -0.2) is 0 Å². The van der Waals surface area contributed by atoms with Gasteiger partial charge in [-0.15, -0.1) is 11.3 Å². The van der Waals surface area contributed by atoms with Crippen molar-refractivity contribution in [3.05, 3.63) is 46.2 Å². The van der Waals surface area contributed by atoms with Gasteiger partial charge in [0.05, 0.1) is 14.2 Å². The molecule has 0 radical (unpaired) electrons. The molecule has 0 atom stereocenters. The van der Waals surface area contributed by atoms with Crippen LogP contribution in [-0.2, 0) is 6.54 Å². The molecule has 6 heteroatoms. The minimum Gasteiger partial charge on any atom is -0.496 e. The van der Waals surface area contributed by atoms with Gasteiger partial charge in [0.2, 0.25) is 0 Å². The zero-order valence-corrected chi connectivity index (χ0v) is 16.2. The number of methoxy groups -OCH3 is 2. The first-order valence-electron chi connectivity index (χ1n) is 8.95. The Morgan fingerprint density at radius 3 is 2.42 bits per heavy atom. The van der Waals surface area contributed by atoms with Crippen molar-refractivity contribution in [2.24, 2.45) is 5.92 Å². The quantitative estimate of drug-likeness (QED) is 0.807. The summed E-state index contributed by atoms with van der Waals surface area (Å²) in [4.78, 5) is 16.6. The van der Waals surface area contributed by atoms with Crippen LogP contribution >= 0.6 is 11.3 Å². The van der Waals surface area contributed by atoms with Crippen molar-refractivity contribution in [3.63, 3.8) is 0 Å². The van der Waals surface area contributed by atoms with Gasteiger partial charge in [-0.1, -0.05) is 12.1 Å². The fourth-order valence-electron chi connectivity index (χ4n) is 3.37. The van der Waals surface area contributed by atoms with Crippen LogP contribution in [0.4, 0.5) is 0 Å². The molecule has 5 nitrogen and oxygen atoms in total. The zero-order valence-electron chi connectivity index (χ0n) is 15.4. The Kier molecular flexibility index (Phi) is 6.52. The summed E-state index contributed by atoms with van der Waals surface area (Å²) in [6.07, 6.45) is 2.21. The number of piperidine rings is 1. The molecule has 140 valence electrons. The molecule has 1 aromatic heterocycles. The average Bonchev–Trinajstić information content (AvgIpc) is 3.19. The highest BCUT2D eigenvalue weighted by Gasteiger charge is 2.22. The number of hydrogen-bond donors (Lipinski definition) is 1. The first-order chi connectivity index (χ1) is 12.7. The standard InChI is InChI=1S/C20H26N2O3S/c1-24-17-6-3-7-18(25-2)19(17)20(23)21-13-15-8-10-22(11-9-15)14-16-5-4-12-26-16/h3-7,12,15H,8-11,13-14H2,1-2H3,(H,21,23). The van der Waals surface area contributed by atoms with E-state index in [2.05, 4.69) is 27.7 Å². The Balaban J connectivity index is 1.50. The monoisotopic (exact) mass is 374 g/mol. The van der Waals surface area contributed by atoms with Crippen LogP contribution in [-0.4, -0.2) is 44.7 Å². The van der Waals surface area contributed by atoms with Gasteiger partial charge < -0.3 is 14.8 Å². The number of benzene rings is 1. The summed E-state index contributed by atoms with van der Waals surface area (Å²) in [6.45, 7) is 3.88. The summed E-state index contributed by atoms with van der Waals surface area (Å²) in [5.74, 6) is 1.44. The van der Waals surface area contributed by atoms with Gasteiger partial charge in [0.25, 0.3) is 5.91 Å². The number of carbonyl (C=O) groups excluding carboxylic acids is 1. The van der Waals surface area contributed by atoms with Crippen LogP contribution in [0.1, 0.15) is 28.1 Å². The lowest BCUT2D eigenvalue weighted by atomic mass is 9.96. The third-order valence-corrected chi connectivity index (χ3v) is 5.73. The van der Waals surface area contributed by atoms with Crippen molar-refractivity contribution < 1.29 is 14.3 Å². The summed E-state index contributed by atoms with van der Waals surface area (Å²) in [6, 6.07) is 9.67. The number of likely N-dealkylation sites (tertiary alicyclic amines) is 1. The molecular formula is C20H26N2O3S. The maximum atomic E-state index is 12.6. The molecule has 0 saturated carbocycles. The van der Waals surface area contributed by atoms with Crippen LogP contribution in [0.2, 0.25) is 0 Å². The third-order valence-electron chi connectivity index (χ3n) is 4.87. The van der Waals surface area contributed by atoms with Gasteiger partial charge in [-0.05, 0) is 55.4 Å². The molecule has 2 heterocycles. The molecule has 1 fully saturated rings. The van der Waals surface area contributed by atoms with E-state index in [-0.39, 0.29) is 5.91 Å². The van der Waals surface area contributed by atoms with E-state index in [1.807, 2.05) is 17.4 Å². The average molecular weight is 375 g/mol. The maximum Gasteiger partial charge on any atom is 0.258 e. The van der Waals surface area contributed by atoms with E-state index in [9.17, 15) is 4.79 Å². The molecule has 1 aliphatic rings. The van der Waals surface area contributed by atoms with Gasteiger partial charge in [0, 0.05) is 18.0 Å². The van der Waals surface area contributed by atoms with Crippen LogP contribution in [0.3, 0.4) is 0 Å². The van der Waals surface area contributed by atoms with Crippen molar-refractivity contribution in [3.8, 4) is 11.5 Å². The van der Waals surface area contributed by atoms with Gasteiger partial charge >= 0.3 is 0 Å². The molecule has 3 rings (SSSR count). The Hall–Kier alpha value is -2.05. The van der Waals surface area contributed by atoms with Crippen LogP contribution in [0.15, 0.2) is 35.7 Å². The Morgan fingerprint density at radius 1 is 1.15 bits per heavy atom. The van der Waals surface area contributed by atoms with Crippen LogP contribution in [0, 0.1) is 5.92 Å². The van der Waals surface area contributed by atoms with E-state index in [1.54, 1.807) is 26.4 Å². The number of amides is 1. The van der Waals surface area contributed by atoms with Crippen LogP contribution in [0.25, 0.3) is 0 Å². The molecule has 1 saturated heterocycles. The first kappa shape index (κ1) is 18.7. The predicted octanol–water partition coefficient (Wildman–Crippen LogP) is 3.41. The maximum absolute atomic E-state index is 12.6. The van der Waals surface area contributed by atoms with Crippen LogP contribution < -0.4 is 14.8 Å². The normalized spacial score (nSPS) is 15.6. The Morgan fingerprint density at radius 2 is 1.85 bits per heavy atom. The summed E-state index contributed by atoms with van der Waals surface area (Å²) in [5.41, 5.74) is 0.465. The summed E-state index contributed by atoms with van der Waals surface area (Å²) in [5, 5.41) is 5.19. The number of nitrogens with one attached hydrogen (secondary N) is 1. The van der Waals surface area contributed by atoms with E-state index >= 15 is 0 Å². The van der Waals surface area contributed by atoms with Gasteiger partial charge in [-0.2, -0.15) is 0 Å². The van der Waals surface area contributed by atoms with Crippen molar-refractivity contribution in [1.82, 2.24) is 10.2 Å². The highest BCUT2D eigenvalue weighted by atomic mass is 32.1. The topological polar surface area (TPSA) is 50.8 Å². The molecule has 0 bridgehead atoms. The van der Waals surface area contributed by atoms with E-state index in [0.717, 1.165) is 32.5 Å². The summed E-state index contributed by atoms with van der Waals surface area (Å²) < 4.78 is 10.6. The molecule has 1 aromatic carbocycles. The Labute approximate surface area is 158 Å². The highest BCUT2D eigenvalue weighted by molar-refractivity contribution is 7.09. The molecule has 1 N–H and O–H groups in total. The number of thiophene rings is 1. The molecular weight excluding hydrogens is 348 g/mol. The molecule has 1 amide bonds. The number of hydrogen-bond acceptors (Lipinski definition) is 5. The highest BCUT2D eigenvalue weighted by Crippen LogP contribution is 2.28. The van der Waals surface area contributed by atoms with Crippen molar-refractivity contribution in [2.45, 2.75) is 19.4 Å². The van der Waals surface area contributed by atoms with Gasteiger partial charge in [-0.3, -0.25) is 9.69 Å². The molecule has 0 unspecified atom stereocenters. The van der Waals surface area contributed by atoms with E-state index in [0.29, 0.717) is 29.5 Å². The van der Waals surface area contributed by atoms with E-state index < -0.39 is 0 Å². The molecule has 1 aliphatic heterocycles. The fourth-order valence-corrected chi connectivity index (χ4v) is 4.12. The van der Waals surface area contributed by atoms with Crippen LogP contribution in [0.5, 0.6) is 11.5 Å². The third kappa shape index (κ3) is 4.56. The Bertz CT molecular complexity index is 688. The number of nitrogens with zero attached hydrogens (tertiary/aromatic N) is 1. The summed E-state index contributed by atoms with van der Waals surface area (Å²) in [7, 11) is 3.13. The lowest BCUT2D eigenvalue weighted by Crippen LogP contribution is -2.38. The number of ether oxygens (including phenoxy) is 2. The van der Waals surface area contributed by atoms with E-state index in [4.69, 9.17) is 9.47 Å².